The van der Waals surface area contributed by atoms with Gasteiger partial charge in [0.15, 0.2) is 8.32 Å². The second-order valence-corrected chi connectivity index (χ2v) is 14.7. The van der Waals surface area contributed by atoms with Crippen LogP contribution < -0.4 is 10.2 Å². The van der Waals surface area contributed by atoms with E-state index in [1.54, 1.807) is 19.1 Å². The fourth-order valence-corrected chi connectivity index (χ4v) is 4.45. The van der Waals surface area contributed by atoms with E-state index in [1.165, 1.54) is 12.1 Å². The summed E-state index contributed by atoms with van der Waals surface area (Å²) in [7, 11) is 1.11. The molecule has 34 heavy (non-hydrogen) atoms. The van der Waals surface area contributed by atoms with E-state index in [-0.39, 0.29) is 16.9 Å². The van der Waals surface area contributed by atoms with Gasteiger partial charge in [-0.2, -0.15) is 0 Å². The first kappa shape index (κ1) is 26.2. The van der Waals surface area contributed by atoms with Crippen molar-refractivity contribution in [2.24, 2.45) is 0 Å². The van der Waals surface area contributed by atoms with Crippen LogP contribution in [-0.2, 0) is 26.9 Å². The number of anilines is 2. The van der Waals surface area contributed by atoms with Gasteiger partial charge in [0, 0.05) is 26.3 Å². The third kappa shape index (κ3) is 5.80. The number of pyridine rings is 2. The van der Waals surface area contributed by atoms with Crippen LogP contribution in [0.1, 0.15) is 50.3 Å². The fourth-order valence-electron chi connectivity index (χ4n) is 3.50. The molecule has 8 nitrogen and oxygen atoms in total. The number of urea groups is 1. The van der Waals surface area contributed by atoms with Crippen LogP contribution in [0.15, 0.2) is 24.4 Å². The zero-order valence-corrected chi connectivity index (χ0v) is 22.1. The van der Waals surface area contributed by atoms with Crippen molar-refractivity contribution in [1.29, 1.82) is 0 Å². The molecule has 1 aliphatic rings. The Morgan fingerprint density at radius 2 is 1.97 bits per heavy atom. The van der Waals surface area contributed by atoms with Crippen LogP contribution >= 0.6 is 0 Å². The Bertz CT molecular complexity index is 1010. The van der Waals surface area contributed by atoms with Gasteiger partial charge in [-0.1, -0.05) is 20.8 Å². The van der Waals surface area contributed by atoms with Crippen molar-refractivity contribution in [3.8, 4) is 0 Å². The molecule has 0 spiro atoms. The molecule has 0 aromatic carbocycles. The summed E-state index contributed by atoms with van der Waals surface area (Å²) in [4.78, 5) is 23.4. The molecule has 0 atom stereocenters. The number of halogens is 1. The lowest BCUT2D eigenvalue weighted by atomic mass is 10.0. The van der Waals surface area contributed by atoms with Crippen molar-refractivity contribution in [3.05, 3.63) is 47.0 Å². The molecular formula is C24H35FN4O4Si. The maximum absolute atomic E-state index is 13.2. The van der Waals surface area contributed by atoms with Gasteiger partial charge in [-0.05, 0) is 54.7 Å². The van der Waals surface area contributed by atoms with E-state index < -0.39 is 20.4 Å². The predicted molar refractivity (Wildman–Crippen MR) is 132 cm³/mol. The monoisotopic (exact) mass is 490 g/mol. The number of ether oxygens (including phenoxy) is 2. The smallest absolute Gasteiger partial charge is 0.328 e. The summed E-state index contributed by atoms with van der Waals surface area (Å²) in [6, 6.07) is 4.34. The quantitative estimate of drug-likeness (QED) is 0.412. The second kappa shape index (κ2) is 10.5. The highest BCUT2D eigenvalue weighted by Crippen LogP contribution is 2.38. The summed E-state index contributed by atoms with van der Waals surface area (Å²) in [6.07, 6.45) is 1.94. The van der Waals surface area contributed by atoms with E-state index in [2.05, 4.69) is 44.2 Å². The number of hydrogen-bond acceptors (Lipinski definition) is 6. The molecule has 186 valence electrons. The Hall–Kier alpha value is -2.40. The number of carbonyl (C=O) groups excluding carboxylic acids is 1. The van der Waals surface area contributed by atoms with Crippen LogP contribution in [-0.4, -0.2) is 45.1 Å². The predicted octanol–water partition coefficient (Wildman–Crippen LogP) is 5.41. The van der Waals surface area contributed by atoms with E-state index >= 15 is 0 Å². The SMILES string of the molecule is COC(OC)c1nc2c(cc1CO[Si](C)(C)C(C)(C)C)CCCN2C(=O)Nc1ccc(F)cn1. The summed E-state index contributed by atoms with van der Waals surface area (Å²) >= 11 is 0. The summed E-state index contributed by atoms with van der Waals surface area (Å²) in [5, 5.41) is 2.79. The number of nitrogens with zero attached hydrogens (tertiary/aromatic N) is 3. The molecule has 0 unspecified atom stereocenters. The van der Waals surface area contributed by atoms with Crippen LogP contribution in [0, 0.1) is 5.82 Å². The van der Waals surface area contributed by atoms with Gasteiger partial charge in [0.1, 0.15) is 23.1 Å². The molecule has 10 heteroatoms. The van der Waals surface area contributed by atoms with Crippen LogP contribution in [0.25, 0.3) is 0 Å². The standard InChI is InChI=1S/C24H35FN4O4Si/c1-24(2,3)34(6,7)33-15-17-13-16-9-8-12-29(21(16)28-20(17)22(31-4)32-5)23(30)27-19-11-10-18(25)14-26-19/h10-11,13-14,22H,8-9,12,15H2,1-7H3,(H,26,27,30). The highest BCUT2D eigenvalue weighted by molar-refractivity contribution is 6.74. The molecule has 3 rings (SSSR count). The van der Waals surface area contributed by atoms with Gasteiger partial charge in [-0.25, -0.2) is 19.2 Å². The Morgan fingerprint density at radius 3 is 2.56 bits per heavy atom. The van der Waals surface area contributed by atoms with Gasteiger partial charge in [0.2, 0.25) is 6.29 Å². The Morgan fingerprint density at radius 1 is 1.26 bits per heavy atom. The van der Waals surface area contributed by atoms with Gasteiger partial charge in [-0.3, -0.25) is 10.2 Å². The number of aryl methyl sites for hydroxylation is 1. The molecule has 0 aliphatic carbocycles. The van der Waals surface area contributed by atoms with Crippen LogP contribution in [0.4, 0.5) is 20.8 Å². The van der Waals surface area contributed by atoms with Gasteiger partial charge in [-0.15, -0.1) is 0 Å². The maximum atomic E-state index is 13.2. The van der Waals surface area contributed by atoms with Gasteiger partial charge >= 0.3 is 6.03 Å². The van der Waals surface area contributed by atoms with E-state index in [0.717, 1.165) is 30.2 Å². The minimum Gasteiger partial charge on any atom is -0.412 e. The number of fused-ring (bicyclic) bond motifs is 1. The van der Waals surface area contributed by atoms with Crippen molar-refractivity contribution >= 4 is 26.0 Å². The Balaban J connectivity index is 1.94. The molecule has 1 N–H and O–H groups in total. The molecule has 1 aliphatic heterocycles. The average molecular weight is 491 g/mol. The maximum Gasteiger partial charge on any atom is 0.328 e. The number of amides is 2. The number of methoxy groups -OCH3 is 2. The Kier molecular flexibility index (Phi) is 8.07. The van der Waals surface area contributed by atoms with Gasteiger partial charge < -0.3 is 13.9 Å². The molecule has 2 aromatic rings. The van der Waals surface area contributed by atoms with Gasteiger partial charge in [0.25, 0.3) is 0 Å². The molecular weight excluding hydrogens is 455 g/mol. The molecule has 0 fully saturated rings. The summed E-state index contributed by atoms with van der Waals surface area (Å²) < 4.78 is 30.7. The molecule has 0 radical (unpaired) electrons. The van der Waals surface area contributed by atoms with Crippen molar-refractivity contribution in [2.75, 3.05) is 31.0 Å². The molecule has 0 saturated carbocycles. The van der Waals surface area contributed by atoms with Crippen molar-refractivity contribution in [3.63, 3.8) is 0 Å². The average Bonchev–Trinajstić information content (AvgIpc) is 2.78. The largest absolute Gasteiger partial charge is 0.412 e. The van der Waals surface area contributed by atoms with E-state index in [0.29, 0.717) is 24.7 Å². The lowest BCUT2D eigenvalue weighted by Crippen LogP contribution is -2.41. The third-order valence-corrected chi connectivity index (χ3v) is 11.0. The van der Waals surface area contributed by atoms with Crippen molar-refractivity contribution in [2.45, 2.75) is 64.6 Å². The third-order valence-electron chi connectivity index (χ3n) is 6.53. The first-order chi connectivity index (χ1) is 16.0. The highest BCUT2D eigenvalue weighted by Gasteiger charge is 2.38. The van der Waals surface area contributed by atoms with Crippen molar-refractivity contribution < 1.29 is 23.1 Å². The van der Waals surface area contributed by atoms with Crippen LogP contribution in [0.3, 0.4) is 0 Å². The zero-order valence-electron chi connectivity index (χ0n) is 21.1. The number of carbonyl (C=O) groups is 1. The van der Waals surface area contributed by atoms with Crippen LogP contribution in [0.2, 0.25) is 18.1 Å². The number of aromatic nitrogens is 2. The highest BCUT2D eigenvalue weighted by atomic mass is 28.4. The number of hydrogen-bond donors (Lipinski definition) is 1. The molecule has 2 amide bonds. The van der Waals surface area contributed by atoms with Crippen LogP contribution in [0.5, 0.6) is 0 Å². The topological polar surface area (TPSA) is 85.8 Å². The van der Waals surface area contributed by atoms with E-state index in [4.69, 9.17) is 18.9 Å². The minimum absolute atomic E-state index is 0.0694. The Labute approximate surface area is 202 Å². The van der Waals surface area contributed by atoms with E-state index in [1.807, 2.05) is 6.07 Å². The summed E-state index contributed by atoms with van der Waals surface area (Å²) in [5.41, 5.74) is 2.43. The normalized spacial score (nSPS) is 14.3. The zero-order chi connectivity index (χ0) is 25.1. The molecule has 2 aromatic heterocycles. The minimum atomic E-state index is -2.00. The first-order valence-electron chi connectivity index (χ1n) is 11.4. The lowest BCUT2D eigenvalue weighted by molar-refractivity contribution is -0.109. The summed E-state index contributed by atoms with van der Waals surface area (Å²) in [6.45, 7) is 11.9. The second-order valence-electron chi connectivity index (χ2n) is 9.91. The number of nitrogens with one attached hydrogen (secondary N) is 1. The van der Waals surface area contributed by atoms with E-state index in [9.17, 15) is 9.18 Å². The number of rotatable bonds is 7. The van der Waals surface area contributed by atoms with Crippen molar-refractivity contribution in [1.82, 2.24) is 9.97 Å². The lowest BCUT2D eigenvalue weighted by Gasteiger charge is -2.36. The summed E-state index contributed by atoms with van der Waals surface area (Å²) in [5.74, 6) is 0.353. The molecule has 0 saturated heterocycles. The molecule has 0 bridgehead atoms. The fraction of sp³-hybridized carbons (Fsp3) is 0.542. The first-order valence-corrected chi connectivity index (χ1v) is 14.3. The molecule has 3 heterocycles. The van der Waals surface area contributed by atoms with Gasteiger partial charge in [0.05, 0.1) is 12.8 Å².